The monoisotopic (exact) mass is 425 g/mol. The van der Waals surface area contributed by atoms with E-state index in [1.165, 1.54) is 60.3 Å². The zero-order valence-corrected chi connectivity index (χ0v) is 20.4. The predicted molar refractivity (Wildman–Crippen MR) is 140 cm³/mol. The summed E-state index contributed by atoms with van der Waals surface area (Å²) in [6.07, 6.45) is 18.3. The van der Waals surface area contributed by atoms with E-state index in [-0.39, 0.29) is 5.41 Å². The molecule has 2 aliphatic carbocycles. The van der Waals surface area contributed by atoms with Crippen molar-refractivity contribution >= 4 is 11.4 Å². The number of hydrogen-bond donors (Lipinski definition) is 0. The summed E-state index contributed by atoms with van der Waals surface area (Å²) >= 11 is 0. The lowest BCUT2D eigenvalue weighted by molar-refractivity contribution is 0.339. The first-order valence-electron chi connectivity index (χ1n) is 12.6. The molecule has 2 aromatic rings. The van der Waals surface area contributed by atoms with E-state index >= 15 is 0 Å². The Labute approximate surface area is 195 Å². The van der Waals surface area contributed by atoms with Crippen LogP contribution in [0.3, 0.4) is 0 Å². The van der Waals surface area contributed by atoms with Crippen LogP contribution in [0.15, 0.2) is 84.1 Å². The molecule has 2 aromatic carbocycles. The molecule has 1 atom stereocenters. The highest BCUT2D eigenvalue weighted by molar-refractivity contribution is 5.71. The molecule has 1 unspecified atom stereocenters. The summed E-state index contributed by atoms with van der Waals surface area (Å²) in [7, 11) is 0. The standard InChI is InChI=1S/C31H39N/c1-5-9-26(4)31(22-7-6-8-23-31)27-14-20-30(21-15-27)32(28-16-10-24(2)11-17-28)29-18-12-25(3)13-19-29/h9-12,14-21,25H,5-8,13,22-23H2,1-4H3/b26-9+. The van der Waals surface area contributed by atoms with E-state index in [2.05, 4.69) is 105 Å². The summed E-state index contributed by atoms with van der Waals surface area (Å²) in [6.45, 7) is 9.06. The summed E-state index contributed by atoms with van der Waals surface area (Å²) in [6, 6.07) is 18.4. The molecule has 0 spiro atoms. The highest BCUT2D eigenvalue weighted by Gasteiger charge is 2.35. The van der Waals surface area contributed by atoms with E-state index in [1.807, 2.05) is 0 Å². The molecule has 0 aromatic heterocycles. The first kappa shape index (κ1) is 22.6. The smallest absolute Gasteiger partial charge is 0.0461 e. The van der Waals surface area contributed by atoms with Crippen LogP contribution in [0.2, 0.25) is 0 Å². The fraction of sp³-hybridized carbons (Fsp3) is 0.419. The summed E-state index contributed by atoms with van der Waals surface area (Å²) in [5.74, 6) is 0.612. The van der Waals surface area contributed by atoms with Crippen LogP contribution < -0.4 is 4.90 Å². The molecule has 0 heterocycles. The molecule has 1 fully saturated rings. The highest BCUT2D eigenvalue weighted by atomic mass is 15.1. The molecule has 168 valence electrons. The number of allylic oxidation sites excluding steroid dienone is 5. The van der Waals surface area contributed by atoms with Crippen LogP contribution in [0.4, 0.5) is 11.4 Å². The predicted octanol–water partition coefficient (Wildman–Crippen LogP) is 9.17. The van der Waals surface area contributed by atoms with Gasteiger partial charge < -0.3 is 4.90 Å². The van der Waals surface area contributed by atoms with Crippen molar-refractivity contribution in [2.24, 2.45) is 5.92 Å². The van der Waals surface area contributed by atoms with Crippen LogP contribution in [0.1, 0.15) is 76.8 Å². The molecule has 0 amide bonds. The molecule has 0 saturated heterocycles. The van der Waals surface area contributed by atoms with Crippen LogP contribution in [-0.4, -0.2) is 0 Å². The van der Waals surface area contributed by atoms with Gasteiger partial charge in [0.1, 0.15) is 0 Å². The van der Waals surface area contributed by atoms with Crippen molar-refractivity contribution in [2.75, 3.05) is 4.90 Å². The third kappa shape index (κ3) is 4.63. The minimum atomic E-state index is 0.223. The Morgan fingerprint density at radius 2 is 1.59 bits per heavy atom. The SMILES string of the molecule is CC/C=C(\C)C1(c2ccc(N(C3=CCC(C)C=C3)c3ccc(C)cc3)cc2)CCCCC1. The van der Waals surface area contributed by atoms with Gasteiger partial charge in [0, 0.05) is 22.5 Å². The van der Waals surface area contributed by atoms with Crippen LogP contribution in [0.5, 0.6) is 0 Å². The van der Waals surface area contributed by atoms with Gasteiger partial charge in [0.25, 0.3) is 0 Å². The summed E-state index contributed by atoms with van der Waals surface area (Å²) in [5, 5.41) is 0. The van der Waals surface area contributed by atoms with Crippen molar-refractivity contribution in [3.8, 4) is 0 Å². The molecular formula is C31H39N. The fourth-order valence-corrected chi connectivity index (χ4v) is 5.52. The minimum Gasteiger partial charge on any atom is -0.311 e. The molecular weight excluding hydrogens is 386 g/mol. The number of anilines is 2. The lowest BCUT2D eigenvalue weighted by Crippen LogP contribution is -2.30. The number of benzene rings is 2. The summed E-state index contributed by atoms with van der Waals surface area (Å²) in [4.78, 5) is 2.41. The van der Waals surface area contributed by atoms with E-state index in [4.69, 9.17) is 0 Å². The van der Waals surface area contributed by atoms with Crippen LogP contribution >= 0.6 is 0 Å². The van der Waals surface area contributed by atoms with Gasteiger partial charge in [-0.15, -0.1) is 0 Å². The van der Waals surface area contributed by atoms with Gasteiger partial charge in [-0.2, -0.15) is 0 Å². The number of nitrogens with zero attached hydrogens (tertiary/aromatic N) is 1. The molecule has 1 saturated carbocycles. The maximum atomic E-state index is 2.45. The van der Waals surface area contributed by atoms with Gasteiger partial charge in [0.15, 0.2) is 0 Å². The number of hydrogen-bond acceptors (Lipinski definition) is 1. The Morgan fingerprint density at radius 3 is 2.16 bits per heavy atom. The van der Waals surface area contributed by atoms with Crippen LogP contribution in [0.25, 0.3) is 0 Å². The average molecular weight is 426 g/mol. The van der Waals surface area contributed by atoms with Gasteiger partial charge in [-0.05, 0) is 81.4 Å². The molecule has 0 aliphatic heterocycles. The van der Waals surface area contributed by atoms with Gasteiger partial charge in [-0.1, -0.05) is 86.7 Å². The number of rotatable bonds is 6. The van der Waals surface area contributed by atoms with Gasteiger partial charge in [0.05, 0.1) is 0 Å². The largest absolute Gasteiger partial charge is 0.311 e. The summed E-state index contributed by atoms with van der Waals surface area (Å²) in [5.41, 5.74) is 8.32. The third-order valence-electron chi connectivity index (χ3n) is 7.50. The Bertz CT molecular complexity index is 982. The zero-order chi connectivity index (χ0) is 22.6. The molecule has 2 aliphatic rings. The molecule has 4 rings (SSSR count). The lowest BCUT2D eigenvalue weighted by atomic mass is 9.65. The van der Waals surface area contributed by atoms with Crippen molar-refractivity contribution in [3.05, 3.63) is 95.2 Å². The van der Waals surface area contributed by atoms with Crippen molar-refractivity contribution in [1.29, 1.82) is 0 Å². The van der Waals surface area contributed by atoms with Gasteiger partial charge in [0.2, 0.25) is 0 Å². The van der Waals surface area contributed by atoms with Gasteiger partial charge in [-0.3, -0.25) is 0 Å². The second-order valence-electron chi connectivity index (χ2n) is 9.86. The van der Waals surface area contributed by atoms with E-state index in [1.54, 1.807) is 5.57 Å². The van der Waals surface area contributed by atoms with Crippen molar-refractivity contribution in [2.45, 2.75) is 78.1 Å². The summed E-state index contributed by atoms with van der Waals surface area (Å²) < 4.78 is 0. The first-order valence-corrected chi connectivity index (χ1v) is 12.6. The van der Waals surface area contributed by atoms with Crippen molar-refractivity contribution in [3.63, 3.8) is 0 Å². The second kappa shape index (κ2) is 9.94. The first-order chi connectivity index (χ1) is 15.5. The van der Waals surface area contributed by atoms with Crippen LogP contribution in [0, 0.1) is 12.8 Å². The molecule has 0 radical (unpaired) electrons. The Hall–Kier alpha value is -2.54. The Balaban J connectivity index is 1.72. The maximum Gasteiger partial charge on any atom is 0.0461 e. The molecule has 0 N–H and O–H groups in total. The van der Waals surface area contributed by atoms with Crippen molar-refractivity contribution in [1.82, 2.24) is 0 Å². The third-order valence-corrected chi connectivity index (χ3v) is 7.50. The van der Waals surface area contributed by atoms with Gasteiger partial charge >= 0.3 is 0 Å². The average Bonchev–Trinajstić information content (AvgIpc) is 2.83. The van der Waals surface area contributed by atoms with Crippen LogP contribution in [-0.2, 0) is 5.41 Å². The topological polar surface area (TPSA) is 3.24 Å². The Kier molecular flexibility index (Phi) is 7.04. The Morgan fingerprint density at radius 1 is 0.969 bits per heavy atom. The normalized spacial score (nSPS) is 20.7. The molecule has 32 heavy (non-hydrogen) atoms. The van der Waals surface area contributed by atoms with E-state index in [9.17, 15) is 0 Å². The minimum absolute atomic E-state index is 0.223. The second-order valence-corrected chi connectivity index (χ2v) is 9.86. The quantitative estimate of drug-likeness (QED) is 0.417. The maximum absolute atomic E-state index is 2.45. The molecule has 1 nitrogen and oxygen atoms in total. The molecule has 0 bridgehead atoms. The highest BCUT2D eigenvalue weighted by Crippen LogP contribution is 2.46. The van der Waals surface area contributed by atoms with Crippen molar-refractivity contribution < 1.29 is 0 Å². The van der Waals surface area contributed by atoms with E-state index in [0.717, 1.165) is 12.8 Å². The molecule has 1 heteroatoms. The fourth-order valence-electron chi connectivity index (χ4n) is 5.52. The van der Waals surface area contributed by atoms with E-state index in [0.29, 0.717) is 5.92 Å². The lowest BCUT2D eigenvalue weighted by Gasteiger charge is -2.39. The zero-order valence-electron chi connectivity index (χ0n) is 20.4. The number of aryl methyl sites for hydroxylation is 1. The van der Waals surface area contributed by atoms with E-state index < -0.39 is 0 Å². The van der Waals surface area contributed by atoms with Gasteiger partial charge in [-0.25, -0.2) is 0 Å².